The monoisotopic (exact) mass is 230 g/mol. The molecule has 0 radical (unpaired) electrons. The highest BCUT2D eigenvalue weighted by Gasteiger charge is 2.11. The molecule has 0 saturated carbocycles. The summed E-state index contributed by atoms with van der Waals surface area (Å²) < 4.78 is 0. The Hall–Kier alpha value is -1.12. The number of hydrogen-bond acceptors (Lipinski definition) is 2. The summed E-state index contributed by atoms with van der Waals surface area (Å²) in [6, 6.07) is 10.7. The molecule has 1 fully saturated rings. The molecule has 1 heterocycles. The molecule has 0 aromatic heterocycles. The van der Waals surface area contributed by atoms with E-state index in [4.69, 9.17) is 0 Å². The molecule has 0 bridgehead atoms. The third-order valence-electron chi connectivity index (χ3n) is 3.41. The lowest BCUT2D eigenvalue weighted by atomic mass is 10.0. The van der Waals surface area contributed by atoms with Crippen LogP contribution in [-0.2, 0) is 6.42 Å². The molecule has 0 spiro atoms. The van der Waals surface area contributed by atoms with E-state index in [0.717, 1.165) is 32.6 Å². The Morgan fingerprint density at radius 2 is 1.94 bits per heavy atom. The quantitative estimate of drug-likeness (QED) is 0.779. The molecule has 2 heteroatoms. The number of nitrogens with one attached hydrogen (secondary N) is 1. The standard InChI is InChI=1S/C15H22N2/c1-13(15-10-16-11-15)12-17(2)9-8-14-6-4-3-5-7-14/h3-7,16H,8-12H2,1-2H3. The van der Waals surface area contributed by atoms with Crippen LogP contribution >= 0.6 is 0 Å². The summed E-state index contributed by atoms with van der Waals surface area (Å²) in [4.78, 5) is 2.41. The van der Waals surface area contributed by atoms with Crippen LogP contribution in [0.25, 0.3) is 0 Å². The summed E-state index contributed by atoms with van der Waals surface area (Å²) in [6.45, 7) is 6.68. The summed E-state index contributed by atoms with van der Waals surface area (Å²) in [5, 5.41) is 3.30. The molecule has 1 aromatic rings. The van der Waals surface area contributed by atoms with E-state index >= 15 is 0 Å². The number of rotatable bonds is 5. The van der Waals surface area contributed by atoms with Gasteiger partial charge in [0.25, 0.3) is 0 Å². The van der Waals surface area contributed by atoms with Crippen molar-refractivity contribution in [3.63, 3.8) is 0 Å². The van der Waals surface area contributed by atoms with Crippen molar-refractivity contribution >= 4 is 0 Å². The maximum Gasteiger partial charge on any atom is 0.0190 e. The summed E-state index contributed by atoms with van der Waals surface area (Å²) in [6.07, 6.45) is 1.14. The minimum Gasteiger partial charge on any atom is -0.309 e. The van der Waals surface area contributed by atoms with E-state index in [1.807, 2.05) is 0 Å². The Labute approximate surface area is 104 Å². The lowest BCUT2D eigenvalue weighted by Gasteiger charge is -2.25. The van der Waals surface area contributed by atoms with Gasteiger partial charge < -0.3 is 10.2 Å². The zero-order chi connectivity index (χ0) is 12.1. The zero-order valence-corrected chi connectivity index (χ0v) is 10.9. The van der Waals surface area contributed by atoms with E-state index in [2.05, 4.69) is 54.5 Å². The predicted molar refractivity (Wildman–Crippen MR) is 73.2 cm³/mol. The fourth-order valence-electron chi connectivity index (χ4n) is 2.11. The Kier molecular flexibility index (Phi) is 4.35. The summed E-state index contributed by atoms with van der Waals surface area (Å²) in [5.74, 6) is 0. The molecule has 1 aliphatic rings. The van der Waals surface area contributed by atoms with Gasteiger partial charge in [-0.2, -0.15) is 0 Å². The maximum absolute atomic E-state index is 3.30. The van der Waals surface area contributed by atoms with Gasteiger partial charge in [-0.1, -0.05) is 35.9 Å². The Bertz CT molecular complexity index is 375. The number of nitrogens with zero attached hydrogens (tertiary/aromatic N) is 1. The average molecular weight is 230 g/mol. The highest BCUT2D eigenvalue weighted by molar-refractivity contribution is 5.22. The molecule has 17 heavy (non-hydrogen) atoms. The van der Waals surface area contributed by atoms with Crippen LogP contribution in [0.2, 0.25) is 0 Å². The molecule has 2 nitrogen and oxygen atoms in total. The fraction of sp³-hybridized carbons (Fsp3) is 0.467. The van der Waals surface area contributed by atoms with Crippen molar-refractivity contribution in [1.29, 1.82) is 0 Å². The highest BCUT2D eigenvalue weighted by Crippen LogP contribution is 2.10. The van der Waals surface area contributed by atoms with E-state index in [1.54, 1.807) is 11.1 Å². The van der Waals surface area contributed by atoms with Gasteiger partial charge in [0.05, 0.1) is 0 Å². The molecule has 0 atom stereocenters. The van der Waals surface area contributed by atoms with Crippen molar-refractivity contribution in [1.82, 2.24) is 10.2 Å². The third kappa shape index (κ3) is 3.69. The molecule has 1 N–H and O–H groups in total. The smallest absolute Gasteiger partial charge is 0.0190 e. The van der Waals surface area contributed by atoms with Gasteiger partial charge in [-0.25, -0.2) is 0 Å². The first-order chi connectivity index (χ1) is 8.25. The van der Waals surface area contributed by atoms with Crippen LogP contribution in [-0.4, -0.2) is 38.1 Å². The summed E-state index contributed by atoms with van der Waals surface area (Å²) in [5.41, 5.74) is 4.56. The molecule has 1 saturated heterocycles. The van der Waals surface area contributed by atoms with Crippen LogP contribution < -0.4 is 5.32 Å². The van der Waals surface area contributed by atoms with Crippen molar-refractivity contribution < 1.29 is 0 Å². The van der Waals surface area contributed by atoms with Gasteiger partial charge in [-0.05, 0) is 31.5 Å². The Balaban J connectivity index is 1.76. The van der Waals surface area contributed by atoms with E-state index in [-0.39, 0.29) is 0 Å². The van der Waals surface area contributed by atoms with Gasteiger partial charge >= 0.3 is 0 Å². The number of likely N-dealkylation sites (N-methyl/N-ethyl adjacent to an activating group) is 1. The second-order valence-corrected chi connectivity index (χ2v) is 4.96. The van der Waals surface area contributed by atoms with Crippen LogP contribution in [0.5, 0.6) is 0 Å². The average Bonchev–Trinajstić information content (AvgIpc) is 2.25. The van der Waals surface area contributed by atoms with Gasteiger partial charge in [0.1, 0.15) is 0 Å². The van der Waals surface area contributed by atoms with E-state index in [1.165, 1.54) is 5.56 Å². The molecule has 92 valence electrons. The Morgan fingerprint density at radius 3 is 2.53 bits per heavy atom. The molecule has 1 aromatic carbocycles. The molecule has 0 amide bonds. The van der Waals surface area contributed by atoms with E-state index in [0.29, 0.717) is 0 Å². The Morgan fingerprint density at radius 1 is 1.24 bits per heavy atom. The molecule has 0 unspecified atom stereocenters. The molecule has 0 aliphatic carbocycles. The highest BCUT2D eigenvalue weighted by atomic mass is 15.1. The summed E-state index contributed by atoms with van der Waals surface area (Å²) >= 11 is 0. The van der Waals surface area contributed by atoms with Crippen LogP contribution in [0.1, 0.15) is 12.5 Å². The first-order valence-electron chi connectivity index (χ1n) is 6.36. The fourth-order valence-corrected chi connectivity index (χ4v) is 2.11. The van der Waals surface area contributed by atoms with Crippen LogP contribution in [0.15, 0.2) is 41.5 Å². The minimum atomic E-state index is 1.10. The van der Waals surface area contributed by atoms with Crippen molar-refractivity contribution in [3.05, 3.63) is 47.0 Å². The minimum absolute atomic E-state index is 1.10. The third-order valence-corrected chi connectivity index (χ3v) is 3.41. The predicted octanol–water partition coefficient (Wildman–Crippen LogP) is 2.08. The number of hydrogen-bond donors (Lipinski definition) is 1. The summed E-state index contributed by atoms with van der Waals surface area (Å²) in [7, 11) is 2.21. The maximum atomic E-state index is 3.30. The number of benzene rings is 1. The SMILES string of the molecule is CC(CN(C)CCc1ccccc1)=C1CNC1. The van der Waals surface area contributed by atoms with Crippen LogP contribution in [0.4, 0.5) is 0 Å². The van der Waals surface area contributed by atoms with Crippen molar-refractivity contribution in [3.8, 4) is 0 Å². The lowest BCUT2D eigenvalue weighted by Crippen LogP contribution is -2.36. The van der Waals surface area contributed by atoms with Gasteiger partial charge in [0, 0.05) is 26.2 Å². The van der Waals surface area contributed by atoms with Gasteiger partial charge in [-0.3, -0.25) is 0 Å². The zero-order valence-electron chi connectivity index (χ0n) is 10.9. The molecule has 2 rings (SSSR count). The van der Waals surface area contributed by atoms with Crippen molar-refractivity contribution in [2.45, 2.75) is 13.3 Å². The van der Waals surface area contributed by atoms with Gasteiger partial charge in [0.15, 0.2) is 0 Å². The first-order valence-corrected chi connectivity index (χ1v) is 6.36. The van der Waals surface area contributed by atoms with E-state index in [9.17, 15) is 0 Å². The molecular weight excluding hydrogens is 208 g/mol. The second-order valence-electron chi connectivity index (χ2n) is 4.96. The van der Waals surface area contributed by atoms with Crippen LogP contribution in [0, 0.1) is 0 Å². The van der Waals surface area contributed by atoms with Crippen molar-refractivity contribution in [2.75, 3.05) is 33.2 Å². The first kappa shape index (κ1) is 12.3. The van der Waals surface area contributed by atoms with Crippen molar-refractivity contribution in [2.24, 2.45) is 0 Å². The lowest BCUT2D eigenvalue weighted by molar-refractivity contribution is 0.364. The second kappa shape index (κ2) is 5.99. The van der Waals surface area contributed by atoms with E-state index < -0.39 is 0 Å². The largest absolute Gasteiger partial charge is 0.309 e. The molecular formula is C15H22N2. The van der Waals surface area contributed by atoms with Gasteiger partial charge in [-0.15, -0.1) is 0 Å². The normalized spacial score (nSPS) is 14.9. The molecule has 1 aliphatic heterocycles. The van der Waals surface area contributed by atoms with Gasteiger partial charge in [0.2, 0.25) is 0 Å². The van der Waals surface area contributed by atoms with Crippen LogP contribution in [0.3, 0.4) is 0 Å². The topological polar surface area (TPSA) is 15.3 Å².